The number of hydrogen-bond acceptors (Lipinski definition) is 3. The first-order valence-corrected chi connectivity index (χ1v) is 7.63. The Labute approximate surface area is 125 Å². The summed E-state index contributed by atoms with van der Waals surface area (Å²) in [5.41, 5.74) is 2.82. The van der Waals surface area contributed by atoms with Crippen LogP contribution in [-0.2, 0) is 11.2 Å². The highest BCUT2D eigenvalue weighted by molar-refractivity contribution is 5.74. The molecule has 3 rings (SSSR count). The minimum absolute atomic E-state index is 0.0229. The highest BCUT2D eigenvalue weighted by atomic mass is 16.5. The molecule has 1 fully saturated rings. The van der Waals surface area contributed by atoms with Crippen molar-refractivity contribution < 1.29 is 9.53 Å². The Morgan fingerprint density at radius 2 is 2.19 bits per heavy atom. The lowest BCUT2D eigenvalue weighted by Crippen LogP contribution is -2.54. The molecule has 0 spiro atoms. The van der Waals surface area contributed by atoms with E-state index in [2.05, 4.69) is 34.5 Å². The number of fused-ring (bicyclic) bond motifs is 3. The van der Waals surface area contributed by atoms with Crippen LogP contribution in [0.5, 0.6) is 0 Å². The van der Waals surface area contributed by atoms with Crippen molar-refractivity contribution in [3.05, 3.63) is 35.4 Å². The molecular formula is C16H23N3O2. The van der Waals surface area contributed by atoms with Crippen molar-refractivity contribution in [2.75, 3.05) is 46.4 Å². The summed E-state index contributed by atoms with van der Waals surface area (Å²) in [7, 11) is 1.64. The number of hydrogen-bond donors (Lipinski definition) is 1. The number of amides is 2. The third-order valence-electron chi connectivity index (χ3n) is 4.44. The maximum Gasteiger partial charge on any atom is 0.317 e. The van der Waals surface area contributed by atoms with Gasteiger partial charge >= 0.3 is 6.03 Å². The van der Waals surface area contributed by atoms with Crippen LogP contribution in [0.15, 0.2) is 24.3 Å². The van der Waals surface area contributed by atoms with Gasteiger partial charge in [-0.1, -0.05) is 24.3 Å². The molecule has 2 heterocycles. The zero-order valence-corrected chi connectivity index (χ0v) is 12.5. The van der Waals surface area contributed by atoms with E-state index in [0.717, 1.165) is 32.6 Å². The molecule has 2 amide bonds. The first kappa shape index (κ1) is 14.4. The normalized spacial score (nSPS) is 21.6. The molecule has 1 aromatic rings. The average molecular weight is 289 g/mol. The van der Waals surface area contributed by atoms with Crippen molar-refractivity contribution in [3.63, 3.8) is 0 Å². The van der Waals surface area contributed by atoms with Gasteiger partial charge in [0.1, 0.15) is 0 Å². The molecule has 5 nitrogen and oxygen atoms in total. The fourth-order valence-corrected chi connectivity index (χ4v) is 3.29. The van der Waals surface area contributed by atoms with Crippen LogP contribution in [0.4, 0.5) is 4.79 Å². The molecule has 0 aromatic heterocycles. The Kier molecular flexibility index (Phi) is 4.41. The number of nitrogens with zero attached hydrogens (tertiary/aromatic N) is 2. The van der Waals surface area contributed by atoms with E-state index in [4.69, 9.17) is 4.74 Å². The standard InChI is InChI=1S/C16H23N3O2/c1-21-11-7-17-16(20)19-10-9-18-8-6-13-4-2-3-5-14(13)15(18)12-19/h2-5,15H,6-12H2,1H3,(H,17,20). The Balaban J connectivity index is 1.67. The smallest absolute Gasteiger partial charge is 0.317 e. The summed E-state index contributed by atoms with van der Waals surface area (Å²) >= 11 is 0. The third kappa shape index (κ3) is 3.04. The monoisotopic (exact) mass is 289 g/mol. The van der Waals surface area contributed by atoms with E-state index in [1.54, 1.807) is 7.11 Å². The van der Waals surface area contributed by atoms with E-state index >= 15 is 0 Å². The zero-order valence-electron chi connectivity index (χ0n) is 12.5. The van der Waals surface area contributed by atoms with Crippen LogP contribution in [0, 0.1) is 0 Å². The summed E-state index contributed by atoms with van der Waals surface area (Å²) in [5.74, 6) is 0. The molecule has 1 atom stereocenters. The molecule has 1 saturated heterocycles. The molecular weight excluding hydrogens is 266 g/mol. The second kappa shape index (κ2) is 6.45. The van der Waals surface area contributed by atoms with Crippen LogP contribution in [0.2, 0.25) is 0 Å². The predicted octanol–water partition coefficient (Wildman–Crippen LogP) is 1.26. The molecule has 21 heavy (non-hydrogen) atoms. The SMILES string of the molecule is COCCNC(=O)N1CCN2CCc3ccccc3C2C1. The second-order valence-electron chi connectivity index (χ2n) is 5.67. The van der Waals surface area contributed by atoms with Crippen LogP contribution >= 0.6 is 0 Å². The van der Waals surface area contributed by atoms with Gasteiger partial charge in [-0.2, -0.15) is 0 Å². The van der Waals surface area contributed by atoms with E-state index in [1.165, 1.54) is 11.1 Å². The molecule has 0 bridgehead atoms. The quantitative estimate of drug-likeness (QED) is 0.852. The lowest BCUT2D eigenvalue weighted by Gasteiger charge is -2.44. The molecule has 2 aliphatic heterocycles. The van der Waals surface area contributed by atoms with E-state index in [-0.39, 0.29) is 6.03 Å². The van der Waals surface area contributed by atoms with Crippen LogP contribution in [0.1, 0.15) is 17.2 Å². The highest BCUT2D eigenvalue weighted by Gasteiger charge is 2.33. The Hall–Kier alpha value is -1.59. The zero-order chi connectivity index (χ0) is 14.7. The molecule has 5 heteroatoms. The van der Waals surface area contributed by atoms with Crippen molar-refractivity contribution in [2.24, 2.45) is 0 Å². The van der Waals surface area contributed by atoms with Crippen molar-refractivity contribution in [1.29, 1.82) is 0 Å². The Morgan fingerprint density at radius 1 is 1.33 bits per heavy atom. The molecule has 1 N–H and O–H groups in total. The van der Waals surface area contributed by atoms with Gasteiger partial charge < -0.3 is 15.0 Å². The summed E-state index contributed by atoms with van der Waals surface area (Å²) in [6.45, 7) is 4.75. The third-order valence-corrected chi connectivity index (χ3v) is 4.44. The predicted molar refractivity (Wildman–Crippen MR) is 81.3 cm³/mol. The fourth-order valence-electron chi connectivity index (χ4n) is 3.29. The van der Waals surface area contributed by atoms with Gasteiger partial charge in [0.15, 0.2) is 0 Å². The maximum atomic E-state index is 12.2. The van der Waals surface area contributed by atoms with E-state index in [0.29, 0.717) is 19.2 Å². The number of benzene rings is 1. The number of methoxy groups -OCH3 is 1. The maximum absolute atomic E-state index is 12.2. The van der Waals surface area contributed by atoms with Crippen molar-refractivity contribution >= 4 is 6.03 Å². The van der Waals surface area contributed by atoms with Gasteiger partial charge in [0, 0.05) is 39.8 Å². The molecule has 1 aromatic carbocycles. The van der Waals surface area contributed by atoms with E-state index < -0.39 is 0 Å². The number of piperazine rings is 1. The largest absolute Gasteiger partial charge is 0.383 e. The molecule has 1 unspecified atom stereocenters. The van der Waals surface area contributed by atoms with E-state index in [1.807, 2.05) is 4.90 Å². The van der Waals surface area contributed by atoms with Gasteiger partial charge in [-0.05, 0) is 17.5 Å². The highest BCUT2D eigenvalue weighted by Crippen LogP contribution is 2.32. The fraction of sp³-hybridized carbons (Fsp3) is 0.562. The van der Waals surface area contributed by atoms with Gasteiger partial charge in [0.25, 0.3) is 0 Å². The van der Waals surface area contributed by atoms with Gasteiger partial charge in [0.05, 0.1) is 12.6 Å². The summed E-state index contributed by atoms with van der Waals surface area (Å²) in [6.07, 6.45) is 1.12. The average Bonchev–Trinajstić information content (AvgIpc) is 2.54. The number of rotatable bonds is 3. The number of urea groups is 1. The minimum Gasteiger partial charge on any atom is -0.383 e. The van der Waals surface area contributed by atoms with Crippen LogP contribution < -0.4 is 5.32 Å². The van der Waals surface area contributed by atoms with Crippen LogP contribution in [0.25, 0.3) is 0 Å². The van der Waals surface area contributed by atoms with Crippen molar-refractivity contribution in [1.82, 2.24) is 15.1 Å². The first-order valence-electron chi connectivity index (χ1n) is 7.63. The van der Waals surface area contributed by atoms with Crippen molar-refractivity contribution in [2.45, 2.75) is 12.5 Å². The number of carbonyl (C=O) groups is 1. The molecule has 0 saturated carbocycles. The van der Waals surface area contributed by atoms with Crippen molar-refractivity contribution in [3.8, 4) is 0 Å². The van der Waals surface area contributed by atoms with Gasteiger partial charge in [0.2, 0.25) is 0 Å². The first-order chi connectivity index (χ1) is 10.3. The van der Waals surface area contributed by atoms with Crippen LogP contribution in [-0.4, -0.2) is 62.3 Å². The second-order valence-corrected chi connectivity index (χ2v) is 5.67. The van der Waals surface area contributed by atoms with Gasteiger partial charge in [-0.3, -0.25) is 4.90 Å². The summed E-state index contributed by atoms with van der Waals surface area (Å²) in [6, 6.07) is 8.99. The number of nitrogens with one attached hydrogen (secondary N) is 1. The van der Waals surface area contributed by atoms with Gasteiger partial charge in [-0.25, -0.2) is 4.79 Å². The molecule has 114 valence electrons. The summed E-state index contributed by atoms with van der Waals surface area (Å²) in [5, 5.41) is 2.92. The Bertz CT molecular complexity index is 506. The minimum atomic E-state index is 0.0229. The Morgan fingerprint density at radius 3 is 3.05 bits per heavy atom. The van der Waals surface area contributed by atoms with Gasteiger partial charge in [-0.15, -0.1) is 0 Å². The topological polar surface area (TPSA) is 44.8 Å². The number of carbonyl (C=O) groups excluding carboxylic acids is 1. The summed E-state index contributed by atoms with van der Waals surface area (Å²) in [4.78, 5) is 16.6. The van der Waals surface area contributed by atoms with Crippen LogP contribution in [0.3, 0.4) is 0 Å². The number of ether oxygens (including phenoxy) is 1. The lowest BCUT2D eigenvalue weighted by atomic mass is 9.91. The summed E-state index contributed by atoms with van der Waals surface area (Å²) < 4.78 is 4.97. The molecule has 0 radical (unpaired) electrons. The molecule has 2 aliphatic rings. The van der Waals surface area contributed by atoms with E-state index in [9.17, 15) is 4.79 Å². The molecule has 0 aliphatic carbocycles. The lowest BCUT2D eigenvalue weighted by molar-refractivity contribution is 0.0819.